The Morgan fingerprint density at radius 2 is 1.82 bits per heavy atom. The van der Waals surface area contributed by atoms with Crippen LogP contribution in [0.5, 0.6) is 0 Å². The lowest BCUT2D eigenvalue weighted by Gasteiger charge is -2.30. The van der Waals surface area contributed by atoms with E-state index in [1.807, 2.05) is 18.2 Å². The summed E-state index contributed by atoms with van der Waals surface area (Å²) in [6.07, 6.45) is 4.93. The number of rotatable bonds is 6. The SMILES string of the molecule is CC(C)C(CC(=O)NC1(CN)CCCC1)c1ccccc1.Cl. The van der Waals surface area contributed by atoms with Crippen molar-refractivity contribution in [3.8, 4) is 0 Å². The molecule has 1 aromatic carbocycles. The van der Waals surface area contributed by atoms with Crippen molar-refractivity contribution >= 4 is 18.3 Å². The molecule has 4 heteroatoms. The van der Waals surface area contributed by atoms with E-state index in [0.717, 1.165) is 12.8 Å². The van der Waals surface area contributed by atoms with Crippen molar-refractivity contribution in [3.63, 3.8) is 0 Å². The Morgan fingerprint density at radius 1 is 1.23 bits per heavy atom. The average molecular weight is 325 g/mol. The Balaban J connectivity index is 0.00000242. The van der Waals surface area contributed by atoms with E-state index in [2.05, 4.69) is 31.3 Å². The largest absolute Gasteiger partial charge is 0.349 e. The normalized spacial score (nSPS) is 17.8. The van der Waals surface area contributed by atoms with Gasteiger partial charge >= 0.3 is 0 Å². The Bertz CT molecular complexity index is 455. The van der Waals surface area contributed by atoms with Gasteiger partial charge in [0, 0.05) is 13.0 Å². The molecule has 0 heterocycles. The molecule has 0 spiro atoms. The highest BCUT2D eigenvalue weighted by atomic mass is 35.5. The lowest BCUT2D eigenvalue weighted by Crippen LogP contribution is -2.52. The summed E-state index contributed by atoms with van der Waals surface area (Å²) >= 11 is 0. The average Bonchev–Trinajstić information content (AvgIpc) is 2.94. The van der Waals surface area contributed by atoms with Gasteiger partial charge in [-0.1, -0.05) is 57.0 Å². The number of nitrogens with one attached hydrogen (secondary N) is 1. The van der Waals surface area contributed by atoms with Crippen LogP contribution in [0.3, 0.4) is 0 Å². The molecule has 0 saturated heterocycles. The number of hydrogen-bond acceptors (Lipinski definition) is 2. The highest BCUT2D eigenvalue weighted by Crippen LogP contribution is 2.31. The standard InChI is InChI=1S/C18H28N2O.ClH/c1-14(2)16(15-8-4-3-5-9-15)12-17(21)20-18(13-19)10-6-7-11-18;/h3-5,8-9,14,16H,6-7,10-13,19H2,1-2H3,(H,20,21);1H. The number of carbonyl (C=O) groups is 1. The summed E-state index contributed by atoms with van der Waals surface area (Å²) < 4.78 is 0. The molecule has 1 aliphatic rings. The zero-order chi connectivity index (χ0) is 15.3. The maximum absolute atomic E-state index is 12.5. The van der Waals surface area contributed by atoms with E-state index in [0.29, 0.717) is 18.9 Å². The highest BCUT2D eigenvalue weighted by Gasteiger charge is 2.34. The number of amides is 1. The first-order chi connectivity index (χ1) is 10.1. The smallest absolute Gasteiger partial charge is 0.221 e. The van der Waals surface area contributed by atoms with E-state index in [-0.39, 0.29) is 29.8 Å². The summed E-state index contributed by atoms with van der Waals surface area (Å²) in [6, 6.07) is 10.3. The zero-order valence-corrected chi connectivity index (χ0v) is 14.5. The Morgan fingerprint density at radius 3 is 2.32 bits per heavy atom. The minimum atomic E-state index is -0.144. The van der Waals surface area contributed by atoms with Crippen molar-refractivity contribution in [1.82, 2.24) is 5.32 Å². The summed E-state index contributed by atoms with van der Waals surface area (Å²) in [5, 5.41) is 3.23. The topological polar surface area (TPSA) is 55.1 Å². The van der Waals surface area contributed by atoms with E-state index >= 15 is 0 Å². The van der Waals surface area contributed by atoms with Gasteiger partial charge in [-0.2, -0.15) is 0 Å². The molecular formula is C18H29ClN2O. The second-order valence-electron chi connectivity index (χ2n) is 6.71. The van der Waals surface area contributed by atoms with E-state index in [1.165, 1.54) is 18.4 Å². The van der Waals surface area contributed by atoms with Crippen molar-refractivity contribution in [2.24, 2.45) is 11.7 Å². The lowest BCUT2D eigenvalue weighted by atomic mass is 9.85. The Labute approximate surface area is 140 Å². The summed E-state index contributed by atoms with van der Waals surface area (Å²) in [6.45, 7) is 4.91. The summed E-state index contributed by atoms with van der Waals surface area (Å²) in [5.74, 6) is 0.850. The molecule has 1 atom stereocenters. The number of carbonyl (C=O) groups excluding carboxylic acids is 1. The molecule has 0 aromatic heterocycles. The van der Waals surface area contributed by atoms with Crippen LogP contribution in [-0.4, -0.2) is 18.0 Å². The molecule has 0 bridgehead atoms. The molecule has 3 nitrogen and oxygen atoms in total. The van der Waals surface area contributed by atoms with Crippen LogP contribution in [0.15, 0.2) is 30.3 Å². The van der Waals surface area contributed by atoms with E-state index in [1.54, 1.807) is 0 Å². The maximum Gasteiger partial charge on any atom is 0.221 e. The Kier molecular flexibility index (Phi) is 7.37. The van der Waals surface area contributed by atoms with Crippen molar-refractivity contribution in [3.05, 3.63) is 35.9 Å². The minimum Gasteiger partial charge on any atom is -0.349 e. The predicted molar refractivity (Wildman–Crippen MR) is 94.3 cm³/mol. The van der Waals surface area contributed by atoms with Crippen LogP contribution in [-0.2, 0) is 4.79 Å². The Hall–Kier alpha value is -1.06. The number of halogens is 1. The van der Waals surface area contributed by atoms with Crippen LogP contribution < -0.4 is 11.1 Å². The zero-order valence-electron chi connectivity index (χ0n) is 13.7. The van der Waals surface area contributed by atoms with Gasteiger partial charge in [-0.3, -0.25) is 4.79 Å². The van der Waals surface area contributed by atoms with Crippen LogP contribution in [0.2, 0.25) is 0 Å². The fourth-order valence-electron chi connectivity index (χ4n) is 3.42. The summed E-state index contributed by atoms with van der Waals surface area (Å²) in [5.41, 5.74) is 7.01. The molecule has 0 aliphatic heterocycles. The predicted octanol–water partition coefficient (Wildman–Crippen LogP) is 3.63. The maximum atomic E-state index is 12.5. The molecule has 1 unspecified atom stereocenters. The number of benzene rings is 1. The second kappa shape index (κ2) is 8.54. The molecule has 1 fully saturated rings. The molecule has 22 heavy (non-hydrogen) atoms. The van der Waals surface area contributed by atoms with Crippen LogP contribution in [0.1, 0.15) is 57.4 Å². The molecule has 1 aromatic rings. The minimum absolute atomic E-state index is 0. The molecule has 0 radical (unpaired) electrons. The van der Waals surface area contributed by atoms with Gasteiger partial charge in [0.1, 0.15) is 0 Å². The van der Waals surface area contributed by atoms with E-state index in [9.17, 15) is 4.79 Å². The summed E-state index contributed by atoms with van der Waals surface area (Å²) in [4.78, 5) is 12.5. The van der Waals surface area contributed by atoms with E-state index < -0.39 is 0 Å². The summed E-state index contributed by atoms with van der Waals surface area (Å²) in [7, 11) is 0. The molecule has 1 saturated carbocycles. The fraction of sp³-hybridized carbons (Fsp3) is 0.611. The number of nitrogens with two attached hydrogens (primary N) is 1. The molecule has 124 valence electrons. The van der Waals surface area contributed by atoms with Crippen LogP contribution >= 0.6 is 12.4 Å². The van der Waals surface area contributed by atoms with Gasteiger partial charge in [0.2, 0.25) is 5.91 Å². The quantitative estimate of drug-likeness (QED) is 0.839. The van der Waals surface area contributed by atoms with Crippen LogP contribution in [0.25, 0.3) is 0 Å². The highest BCUT2D eigenvalue weighted by molar-refractivity contribution is 5.85. The van der Waals surface area contributed by atoms with Gasteiger partial charge in [0.15, 0.2) is 0 Å². The third-order valence-electron chi connectivity index (χ3n) is 4.79. The van der Waals surface area contributed by atoms with Crippen molar-refractivity contribution in [2.45, 2.75) is 57.4 Å². The van der Waals surface area contributed by atoms with Gasteiger partial charge in [-0.25, -0.2) is 0 Å². The number of hydrogen-bond donors (Lipinski definition) is 2. The van der Waals surface area contributed by atoms with Gasteiger partial charge in [-0.15, -0.1) is 12.4 Å². The fourth-order valence-corrected chi connectivity index (χ4v) is 3.42. The van der Waals surface area contributed by atoms with Crippen LogP contribution in [0, 0.1) is 5.92 Å². The first kappa shape index (κ1) is 19.0. The lowest BCUT2D eigenvalue weighted by molar-refractivity contribution is -0.123. The molecule has 3 N–H and O–H groups in total. The first-order valence-corrected chi connectivity index (χ1v) is 8.12. The third kappa shape index (κ3) is 4.72. The van der Waals surface area contributed by atoms with Gasteiger partial charge in [-0.05, 0) is 30.2 Å². The first-order valence-electron chi connectivity index (χ1n) is 8.12. The monoisotopic (exact) mass is 324 g/mol. The molecular weight excluding hydrogens is 296 g/mol. The van der Waals surface area contributed by atoms with Crippen molar-refractivity contribution in [1.29, 1.82) is 0 Å². The van der Waals surface area contributed by atoms with Gasteiger partial charge < -0.3 is 11.1 Å². The molecule has 1 aliphatic carbocycles. The van der Waals surface area contributed by atoms with Gasteiger partial charge in [0.05, 0.1) is 5.54 Å². The van der Waals surface area contributed by atoms with Crippen LogP contribution in [0.4, 0.5) is 0 Å². The third-order valence-corrected chi connectivity index (χ3v) is 4.79. The van der Waals surface area contributed by atoms with Crippen molar-refractivity contribution < 1.29 is 4.79 Å². The van der Waals surface area contributed by atoms with Crippen molar-refractivity contribution in [2.75, 3.05) is 6.54 Å². The molecule has 1 amide bonds. The molecule has 2 rings (SSSR count). The van der Waals surface area contributed by atoms with Gasteiger partial charge in [0.25, 0.3) is 0 Å². The van der Waals surface area contributed by atoms with E-state index in [4.69, 9.17) is 5.73 Å². The second-order valence-corrected chi connectivity index (χ2v) is 6.71.